The molecule has 4 aromatic heterocycles. The number of pyridine rings is 1. The minimum absolute atomic E-state index is 0.00752. The number of nitrogens with one attached hydrogen (secondary N) is 1. The van der Waals surface area contributed by atoms with Crippen LogP contribution in [0.2, 0.25) is 0 Å². The van der Waals surface area contributed by atoms with Crippen LogP contribution < -0.4 is 10.2 Å². The normalized spacial score (nSPS) is 24.5. The summed E-state index contributed by atoms with van der Waals surface area (Å²) in [5, 5.41) is 8.84. The lowest BCUT2D eigenvalue weighted by molar-refractivity contribution is 0.00732. The largest absolute Gasteiger partial charge is 0.381 e. The van der Waals surface area contributed by atoms with Gasteiger partial charge in [-0.1, -0.05) is 30.3 Å². The monoisotopic (exact) mass is 563 g/mol. The molecular weight excluding hydrogens is 530 g/mol. The van der Waals surface area contributed by atoms with E-state index in [0.717, 1.165) is 54.2 Å². The first-order chi connectivity index (χ1) is 20.6. The van der Waals surface area contributed by atoms with Crippen LogP contribution in [-0.4, -0.2) is 69.6 Å². The topological polar surface area (TPSA) is 98.8 Å². The maximum absolute atomic E-state index is 13.5. The number of nitrogens with zero attached hydrogens (tertiary/aromatic N) is 6. The summed E-state index contributed by atoms with van der Waals surface area (Å²) in [7, 11) is 3.73. The molecule has 3 fully saturated rings. The number of rotatable bonds is 8. The molecule has 1 aromatic carbocycles. The summed E-state index contributed by atoms with van der Waals surface area (Å²) in [5.74, 6) is 1.72. The zero-order valence-corrected chi connectivity index (χ0v) is 23.7. The van der Waals surface area contributed by atoms with Crippen LogP contribution in [0.25, 0.3) is 27.9 Å². The average Bonchev–Trinajstić information content (AvgIpc) is 3.40. The Hall–Kier alpha value is -4.28. The Morgan fingerprint density at radius 1 is 1.12 bits per heavy atom. The highest BCUT2D eigenvalue weighted by atomic mass is 16.5. The van der Waals surface area contributed by atoms with Gasteiger partial charge in [-0.15, -0.1) is 0 Å². The number of aromatic nitrogens is 5. The van der Waals surface area contributed by atoms with Gasteiger partial charge in [0.15, 0.2) is 5.65 Å². The first-order valence-corrected chi connectivity index (χ1v) is 14.6. The van der Waals surface area contributed by atoms with E-state index in [1.54, 1.807) is 17.8 Å². The molecular formula is C32H33N7O3. The third-order valence-corrected chi connectivity index (χ3v) is 9.28. The minimum Gasteiger partial charge on any atom is -0.381 e. The van der Waals surface area contributed by atoms with Crippen molar-refractivity contribution in [2.75, 3.05) is 32.3 Å². The molecule has 5 aromatic rings. The molecule has 10 heteroatoms. The first-order valence-electron chi connectivity index (χ1n) is 14.6. The van der Waals surface area contributed by atoms with Gasteiger partial charge in [-0.05, 0) is 30.5 Å². The van der Waals surface area contributed by atoms with Crippen molar-refractivity contribution in [2.24, 2.45) is 11.8 Å². The molecule has 1 amide bonds. The van der Waals surface area contributed by atoms with Crippen molar-refractivity contribution in [1.29, 1.82) is 0 Å². The predicted octanol–water partition coefficient (Wildman–Crippen LogP) is 4.11. The SMILES string of the molecule is CO[C@H]1CCC1NC(=O)c1cnn2c(N(C)Cc3ccccc3)cc(-c3cn([C@H]4[C@@H]5COC[C@@H]54)c4ncccc34)nc12. The van der Waals surface area contributed by atoms with Crippen LogP contribution in [0.3, 0.4) is 0 Å². The number of amides is 1. The van der Waals surface area contributed by atoms with Crippen molar-refractivity contribution >= 4 is 28.4 Å². The Morgan fingerprint density at radius 3 is 2.71 bits per heavy atom. The van der Waals surface area contributed by atoms with Gasteiger partial charge in [0.25, 0.3) is 5.91 Å². The van der Waals surface area contributed by atoms with Crippen molar-refractivity contribution in [2.45, 2.75) is 37.6 Å². The van der Waals surface area contributed by atoms with E-state index >= 15 is 0 Å². The molecule has 1 N–H and O–H groups in total. The van der Waals surface area contributed by atoms with Crippen LogP contribution in [0, 0.1) is 11.8 Å². The Bertz CT molecular complexity index is 1790. The summed E-state index contributed by atoms with van der Waals surface area (Å²) < 4.78 is 15.3. The Balaban J connectivity index is 1.25. The first kappa shape index (κ1) is 25.4. The molecule has 1 aliphatic heterocycles. The summed E-state index contributed by atoms with van der Waals surface area (Å²) in [4.78, 5) is 25.6. The van der Waals surface area contributed by atoms with Gasteiger partial charge in [-0.3, -0.25) is 4.79 Å². The molecule has 214 valence electrons. The third kappa shape index (κ3) is 4.08. The fourth-order valence-corrected chi connectivity index (χ4v) is 6.75. The fraction of sp³-hybridized carbons (Fsp3) is 0.375. The van der Waals surface area contributed by atoms with Crippen LogP contribution in [0.5, 0.6) is 0 Å². The average molecular weight is 564 g/mol. The number of fused-ring (bicyclic) bond motifs is 3. The van der Waals surface area contributed by atoms with E-state index < -0.39 is 0 Å². The second-order valence-corrected chi connectivity index (χ2v) is 11.7. The van der Waals surface area contributed by atoms with Crippen LogP contribution in [0.4, 0.5) is 5.82 Å². The van der Waals surface area contributed by atoms with E-state index in [9.17, 15) is 4.79 Å². The Morgan fingerprint density at radius 2 is 1.95 bits per heavy atom. The van der Waals surface area contributed by atoms with Crippen LogP contribution in [0.15, 0.2) is 67.1 Å². The lowest BCUT2D eigenvalue weighted by atomic mass is 9.89. The second kappa shape index (κ2) is 9.92. The predicted molar refractivity (Wildman–Crippen MR) is 158 cm³/mol. The van der Waals surface area contributed by atoms with E-state index in [-0.39, 0.29) is 18.1 Å². The van der Waals surface area contributed by atoms with E-state index in [2.05, 4.69) is 50.3 Å². The highest BCUT2D eigenvalue weighted by Crippen LogP contribution is 2.55. The quantitative estimate of drug-likeness (QED) is 0.303. The molecule has 1 saturated heterocycles. The molecule has 0 radical (unpaired) electrons. The Kier molecular flexibility index (Phi) is 6.01. The molecule has 10 nitrogen and oxygen atoms in total. The molecule has 42 heavy (non-hydrogen) atoms. The maximum atomic E-state index is 13.5. The van der Waals surface area contributed by atoms with E-state index in [4.69, 9.17) is 19.4 Å². The van der Waals surface area contributed by atoms with Gasteiger partial charge in [0.05, 0.1) is 37.3 Å². The fourth-order valence-electron chi connectivity index (χ4n) is 6.75. The zero-order valence-electron chi connectivity index (χ0n) is 23.7. The number of hydrogen-bond acceptors (Lipinski definition) is 7. The minimum atomic E-state index is -0.187. The molecule has 3 aliphatic rings. The number of ether oxygens (including phenoxy) is 2. The molecule has 2 saturated carbocycles. The summed E-state index contributed by atoms with van der Waals surface area (Å²) in [6.45, 7) is 2.27. The lowest BCUT2D eigenvalue weighted by Gasteiger charge is -2.35. The van der Waals surface area contributed by atoms with E-state index in [0.29, 0.717) is 35.6 Å². The highest BCUT2D eigenvalue weighted by Gasteiger charge is 2.55. The summed E-state index contributed by atoms with van der Waals surface area (Å²) in [6, 6.07) is 16.8. The maximum Gasteiger partial charge on any atom is 0.257 e. The van der Waals surface area contributed by atoms with Gasteiger partial charge in [0.2, 0.25) is 0 Å². The van der Waals surface area contributed by atoms with E-state index in [1.165, 1.54) is 5.56 Å². The van der Waals surface area contributed by atoms with Crippen LogP contribution in [-0.2, 0) is 16.0 Å². The van der Waals surface area contributed by atoms with Gasteiger partial charge in [0, 0.05) is 68.0 Å². The lowest BCUT2D eigenvalue weighted by Crippen LogP contribution is -2.51. The van der Waals surface area contributed by atoms with Crippen molar-refractivity contribution in [3.63, 3.8) is 0 Å². The summed E-state index contributed by atoms with van der Waals surface area (Å²) in [6.07, 6.45) is 7.54. The molecule has 5 heterocycles. The number of carbonyl (C=O) groups excluding carboxylic acids is 1. The summed E-state index contributed by atoms with van der Waals surface area (Å²) >= 11 is 0. The number of benzene rings is 1. The van der Waals surface area contributed by atoms with Gasteiger partial charge in [-0.25, -0.2) is 9.97 Å². The molecule has 2 aliphatic carbocycles. The zero-order chi connectivity index (χ0) is 28.4. The van der Waals surface area contributed by atoms with Gasteiger partial charge >= 0.3 is 0 Å². The smallest absolute Gasteiger partial charge is 0.257 e. The van der Waals surface area contributed by atoms with Gasteiger partial charge in [0.1, 0.15) is 17.0 Å². The molecule has 0 bridgehead atoms. The standard InChI is InChI=1S/C32H33N7O3/c1-37(15-19-7-4-3-5-8-19)28-13-26(35-31-21(14-34-39(28)31)32(40)36-25-10-11-27(25)41-2)22-16-38(29-23-17-42-18-24(23)29)30-20(22)9-6-12-33-30/h3-9,12-14,16,23-25,27,29H,10-11,15,17-18H2,1-2H3,(H,36,40)/t23-,24+,25?,27-,29+/m0/s1. The molecule has 1 unspecified atom stereocenters. The molecule has 0 spiro atoms. The number of carbonyl (C=O) groups is 1. The van der Waals surface area contributed by atoms with Gasteiger partial charge in [-0.2, -0.15) is 9.61 Å². The van der Waals surface area contributed by atoms with Crippen LogP contribution in [0.1, 0.15) is 34.8 Å². The molecule has 8 rings (SSSR count). The van der Waals surface area contributed by atoms with Gasteiger partial charge < -0.3 is 24.3 Å². The van der Waals surface area contributed by atoms with Crippen molar-refractivity contribution in [1.82, 2.24) is 29.5 Å². The van der Waals surface area contributed by atoms with Crippen molar-refractivity contribution in [3.05, 3.63) is 78.2 Å². The second-order valence-electron chi connectivity index (χ2n) is 11.7. The number of hydrogen-bond donors (Lipinski definition) is 1. The van der Waals surface area contributed by atoms with E-state index in [1.807, 2.05) is 37.5 Å². The summed E-state index contributed by atoms with van der Waals surface area (Å²) in [5.41, 5.74) is 4.87. The highest BCUT2D eigenvalue weighted by molar-refractivity contribution is 6.01. The van der Waals surface area contributed by atoms with Crippen molar-refractivity contribution < 1.29 is 14.3 Å². The van der Waals surface area contributed by atoms with Crippen molar-refractivity contribution in [3.8, 4) is 11.3 Å². The Labute approximate surface area is 243 Å². The number of methoxy groups -OCH3 is 1. The van der Waals surface area contributed by atoms with Crippen LogP contribution >= 0.6 is 0 Å². The molecule has 5 atom stereocenters. The number of anilines is 1. The third-order valence-electron chi connectivity index (χ3n) is 9.28.